The van der Waals surface area contributed by atoms with E-state index < -0.39 is 11.8 Å². The van der Waals surface area contributed by atoms with Crippen LogP contribution in [0.1, 0.15) is 39.0 Å². The van der Waals surface area contributed by atoms with E-state index in [9.17, 15) is 9.90 Å². The Morgan fingerprint density at radius 2 is 1.94 bits per heavy atom. The van der Waals surface area contributed by atoms with Gasteiger partial charge >= 0.3 is 5.97 Å². The third-order valence-electron chi connectivity index (χ3n) is 3.93. The van der Waals surface area contributed by atoms with Gasteiger partial charge in [-0.1, -0.05) is 19.8 Å². The van der Waals surface area contributed by atoms with Gasteiger partial charge in [-0.2, -0.15) is 0 Å². The Labute approximate surface area is 108 Å². The summed E-state index contributed by atoms with van der Waals surface area (Å²) >= 11 is 0. The smallest absolute Gasteiger partial charge is 0.320 e. The summed E-state index contributed by atoms with van der Waals surface area (Å²) in [7, 11) is 0. The lowest BCUT2D eigenvalue weighted by Crippen LogP contribution is -2.51. The molecule has 0 bridgehead atoms. The lowest BCUT2D eigenvalue weighted by atomic mass is 9.99. The number of likely N-dealkylation sites (tertiary alicyclic amines) is 1. The first-order chi connectivity index (χ1) is 8.67. The number of ether oxygens (including phenoxy) is 2. The van der Waals surface area contributed by atoms with E-state index in [2.05, 4.69) is 11.8 Å². The lowest BCUT2D eigenvalue weighted by molar-refractivity contribution is -0.190. The minimum absolute atomic E-state index is 0.344. The van der Waals surface area contributed by atoms with Crippen LogP contribution in [0.25, 0.3) is 0 Å². The Morgan fingerprint density at radius 1 is 1.33 bits per heavy atom. The molecule has 18 heavy (non-hydrogen) atoms. The Hall–Kier alpha value is -0.650. The molecule has 1 spiro atoms. The maximum atomic E-state index is 11.3. The van der Waals surface area contributed by atoms with E-state index in [0.29, 0.717) is 13.2 Å². The second-order valence-electron chi connectivity index (χ2n) is 5.14. The average molecular weight is 257 g/mol. The van der Waals surface area contributed by atoms with Gasteiger partial charge < -0.3 is 14.6 Å². The van der Waals surface area contributed by atoms with E-state index in [-0.39, 0.29) is 6.04 Å². The molecule has 1 unspecified atom stereocenters. The molecule has 0 saturated carbocycles. The fraction of sp³-hybridized carbons (Fsp3) is 0.923. The number of piperidine rings is 1. The number of carboxylic acids is 1. The highest BCUT2D eigenvalue weighted by Gasteiger charge is 2.41. The number of nitrogens with zero attached hydrogens (tertiary/aromatic N) is 1. The van der Waals surface area contributed by atoms with Crippen molar-refractivity contribution in [1.29, 1.82) is 0 Å². The van der Waals surface area contributed by atoms with Crippen molar-refractivity contribution in [2.24, 2.45) is 0 Å². The highest BCUT2D eigenvalue weighted by molar-refractivity contribution is 5.73. The molecule has 1 N–H and O–H groups in total. The summed E-state index contributed by atoms with van der Waals surface area (Å²) in [6.45, 7) is 4.92. The predicted octanol–water partition coefficient (Wildman–Crippen LogP) is 1.47. The standard InChI is InChI=1S/C13H23NO4/c1-2-3-4-11(12(15)16)14-7-5-13(6-8-14)17-9-10-18-13/h11H,2-10H2,1H3,(H,15,16). The number of aliphatic carboxylic acids is 1. The Balaban J connectivity index is 1.88. The fourth-order valence-corrected chi connectivity index (χ4v) is 2.82. The molecule has 0 radical (unpaired) electrons. The molecule has 0 aromatic heterocycles. The summed E-state index contributed by atoms with van der Waals surface area (Å²) in [5, 5.41) is 9.30. The van der Waals surface area contributed by atoms with E-state index in [0.717, 1.165) is 45.2 Å². The number of hydrogen-bond acceptors (Lipinski definition) is 4. The molecule has 2 saturated heterocycles. The van der Waals surface area contributed by atoms with Crippen molar-refractivity contribution in [3.8, 4) is 0 Å². The summed E-state index contributed by atoms with van der Waals surface area (Å²) in [6.07, 6.45) is 4.30. The van der Waals surface area contributed by atoms with Gasteiger partial charge in [0.15, 0.2) is 5.79 Å². The lowest BCUT2D eigenvalue weighted by Gasteiger charge is -2.40. The van der Waals surface area contributed by atoms with Gasteiger partial charge in [0.25, 0.3) is 0 Å². The van der Waals surface area contributed by atoms with Crippen LogP contribution in [0.2, 0.25) is 0 Å². The van der Waals surface area contributed by atoms with Crippen LogP contribution in [0, 0.1) is 0 Å². The van der Waals surface area contributed by atoms with Gasteiger partial charge in [0, 0.05) is 25.9 Å². The monoisotopic (exact) mass is 257 g/mol. The molecule has 0 aromatic carbocycles. The molecule has 2 fully saturated rings. The first-order valence-corrected chi connectivity index (χ1v) is 6.92. The van der Waals surface area contributed by atoms with Crippen molar-refractivity contribution >= 4 is 5.97 Å². The molecular weight excluding hydrogens is 234 g/mol. The molecule has 2 aliphatic rings. The zero-order valence-electron chi connectivity index (χ0n) is 11.1. The van der Waals surface area contributed by atoms with Crippen molar-refractivity contribution in [3.05, 3.63) is 0 Å². The second-order valence-corrected chi connectivity index (χ2v) is 5.14. The summed E-state index contributed by atoms with van der Waals surface area (Å²) < 4.78 is 11.3. The van der Waals surface area contributed by atoms with E-state index in [1.165, 1.54) is 0 Å². The highest BCUT2D eigenvalue weighted by atomic mass is 16.7. The Morgan fingerprint density at radius 3 is 2.44 bits per heavy atom. The topological polar surface area (TPSA) is 59.0 Å². The predicted molar refractivity (Wildman–Crippen MR) is 66.4 cm³/mol. The van der Waals surface area contributed by atoms with Crippen molar-refractivity contribution in [1.82, 2.24) is 4.90 Å². The molecule has 0 aliphatic carbocycles. The Kier molecular flexibility index (Phi) is 4.59. The minimum Gasteiger partial charge on any atom is -0.480 e. The second kappa shape index (κ2) is 5.99. The molecular formula is C13H23NO4. The first-order valence-electron chi connectivity index (χ1n) is 6.92. The van der Waals surface area contributed by atoms with Crippen LogP contribution in [0.15, 0.2) is 0 Å². The Bertz CT molecular complexity index is 279. The van der Waals surface area contributed by atoms with Crippen LogP contribution in [-0.2, 0) is 14.3 Å². The molecule has 0 amide bonds. The first kappa shape index (κ1) is 13.8. The van der Waals surface area contributed by atoms with Gasteiger partial charge in [-0.15, -0.1) is 0 Å². The van der Waals surface area contributed by atoms with E-state index in [1.54, 1.807) is 0 Å². The van der Waals surface area contributed by atoms with Crippen LogP contribution < -0.4 is 0 Å². The van der Waals surface area contributed by atoms with Crippen LogP contribution >= 0.6 is 0 Å². The third kappa shape index (κ3) is 3.02. The van der Waals surface area contributed by atoms with Gasteiger partial charge in [-0.3, -0.25) is 9.69 Å². The fourth-order valence-electron chi connectivity index (χ4n) is 2.82. The van der Waals surface area contributed by atoms with Crippen LogP contribution in [0.4, 0.5) is 0 Å². The van der Waals surface area contributed by atoms with Crippen molar-refractivity contribution in [2.45, 2.75) is 50.9 Å². The van der Waals surface area contributed by atoms with E-state index in [4.69, 9.17) is 9.47 Å². The van der Waals surface area contributed by atoms with Gasteiger partial charge in [-0.25, -0.2) is 0 Å². The molecule has 5 nitrogen and oxygen atoms in total. The number of carbonyl (C=O) groups is 1. The van der Waals surface area contributed by atoms with Crippen molar-refractivity contribution in [2.75, 3.05) is 26.3 Å². The molecule has 2 aliphatic heterocycles. The van der Waals surface area contributed by atoms with Crippen molar-refractivity contribution in [3.63, 3.8) is 0 Å². The molecule has 2 heterocycles. The van der Waals surface area contributed by atoms with Crippen LogP contribution in [0.5, 0.6) is 0 Å². The average Bonchev–Trinajstić information content (AvgIpc) is 2.80. The number of rotatable bonds is 5. The SMILES string of the molecule is CCCCC(C(=O)O)N1CCC2(CC1)OCCO2. The minimum atomic E-state index is -0.701. The van der Waals surface area contributed by atoms with E-state index >= 15 is 0 Å². The summed E-state index contributed by atoms with van der Waals surface area (Å²) in [6, 6.07) is -0.344. The molecule has 1 atom stereocenters. The molecule has 5 heteroatoms. The van der Waals surface area contributed by atoms with Gasteiger partial charge in [0.1, 0.15) is 6.04 Å². The summed E-state index contributed by atoms with van der Waals surface area (Å²) in [5.74, 6) is -1.11. The van der Waals surface area contributed by atoms with Crippen LogP contribution in [-0.4, -0.2) is 54.1 Å². The maximum Gasteiger partial charge on any atom is 0.320 e. The number of unbranched alkanes of at least 4 members (excludes halogenated alkanes) is 1. The quantitative estimate of drug-likeness (QED) is 0.808. The largest absolute Gasteiger partial charge is 0.480 e. The summed E-state index contributed by atoms with van der Waals surface area (Å²) in [4.78, 5) is 13.4. The zero-order chi connectivity index (χ0) is 13.0. The third-order valence-corrected chi connectivity index (χ3v) is 3.93. The van der Waals surface area contributed by atoms with E-state index in [1.807, 2.05) is 0 Å². The molecule has 0 aromatic rings. The van der Waals surface area contributed by atoms with Crippen LogP contribution in [0.3, 0.4) is 0 Å². The number of hydrogen-bond donors (Lipinski definition) is 1. The van der Waals surface area contributed by atoms with Gasteiger partial charge in [-0.05, 0) is 6.42 Å². The van der Waals surface area contributed by atoms with Gasteiger partial charge in [0.2, 0.25) is 0 Å². The normalized spacial score (nSPS) is 25.4. The summed E-state index contributed by atoms with van der Waals surface area (Å²) in [5.41, 5.74) is 0. The maximum absolute atomic E-state index is 11.3. The molecule has 2 rings (SSSR count). The highest BCUT2D eigenvalue weighted by Crippen LogP contribution is 2.32. The van der Waals surface area contributed by atoms with Crippen molar-refractivity contribution < 1.29 is 19.4 Å². The zero-order valence-corrected chi connectivity index (χ0v) is 11.1. The van der Waals surface area contributed by atoms with Gasteiger partial charge in [0.05, 0.1) is 13.2 Å². The molecule has 104 valence electrons. The number of carboxylic acid groups (broad SMARTS) is 1.